The van der Waals surface area contributed by atoms with E-state index in [0.717, 1.165) is 18.4 Å². The first-order chi connectivity index (χ1) is 11.0. The maximum atomic E-state index is 12.5. The van der Waals surface area contributed by atoms with Crippen LogP contribution in [0.15, 0.2) is 24.3 Å². The molecule has 0 aliphatic carbocycles. The number of amides is 2. The minimum absolute atomic E-state index is 0.0470. The third-order valence-electron chi connectivity index (χ3n) is 4.64. The van der Waals surface area contributed by atoms with Gasteiger partial charge >= 0.3 is 0 Å². The Balaban J connectivity index is 1.96. The molecular formula is C18H25ClN2O2. The Morgan fingerprint density at radius 2 is 1.91 bits per heavy atom. The number of benzene rings is 1. The molecule has 4 nitrogen and oxygen atoms in total. The van der Waals surface area contributed by atoms with Crippen LogP contribution in [0.2, 0.25) is 5.02 Å². The molecule has 1 fully saturated rings. The van der Waals surface area contributed by atoms with Gasteiger partial charge in [-0.25, -0.2) is 0 Å². The molecule has 0 bridgehead atoms. The molecule has 1 N–H and O–H groups in total. The SMILES string of the molecule is CCC(CC)N1CC(C(=O)NC(C)c2ccc(Cl)cc2)CC1=O. The topological polar surface area (TPSA) is 49.4 Å². The summed E-state index contributed by atoms with van der Waals surface area (Å²) in [6.07, 6.45) is 2.17. The highest BCUT2D eigenvalue weighted by molar-refractivity contribution is 6.30. The summed E-state index contributed by atoms with van der Waals surface area (Å²) in [5.74, 6) is -0.204. The van der Waals surface area contributed by atoms with Crippen molar-refractivity contribution in [1.29, 1.82) is 0 Å². The van der Waals surface area contributed by atoms with Gasteiger partial charge < -0.3 is 10.2 Å². The summed E-state index contributed by atoms with van der Waals surface area (Å²) >= 11 is 5.88. The van der Waals surface area contributed by atoms with E-state index in [9.17, 15) is 9.59 Å². The van der Waals surface area contributed by atoms with E-state index in [4.69, 9.17) is 11.6 Å². The first-order valence-electron chi connectivity index (χ1n) is 8.31. The number of rotatable bonds is 6. The van der Waals surface area contributed by atoms with E-state index in [2.05, 4.69) is 19.2 Å². The maximum absolute atomic E-state index is 12.5. The van der Waals surface area contributed by atoms with Gasteiger partial charge in [0.1, 0.15) is 0 Å². The Labute approximate surface area is 143 Å². The van der Waals surface area contributed by atoms with Crippen molar-refractivity contribution < 1.29 is 9.59 Å². The minimum Gasteiger partial charge on any atom is -0.349 e. The van der Waals surface area contributed by atoms with Gasteiger partial charge in [0.15, 0.2) is 0 Å². The lowest BCUT2D eigenvalue weighted by atomic mass is 10.0. The van der Waals surface area contributed by atoms with Gasteiger partial charge in [-0.3, -0.25) is 9.59 Å². The number of likely N-dealkylation sites (tertiary alicyclic amines) is 1. The van der Waals surface area contributed by atoms with Crippen LogP contribution in [0.5, 0.6) is 0 Å². The van der Waals surface area contributed by atoms with Gasteiger partial charge in [0.2, 0.25) is 11.8 Å². The first kappa shape index (κ1) is 17.8. The van der Waals surface area contributed by atoms with E-state index >= 15 is 0 Å². The van der Waals surface area contributed by atoms with E-state index in [1.54, 1.807) is 0 Å². The fourth-order valence-electron chi connectivity index (χ4n) is 3.16. The normalized spacial score (nSPS) is 19.3. The molecule has 1 heterocycles. The molecule has 1 aliphatic heterocycles. The molecule has 2 rings (SSSR count). The summed E-state index contributed by atoms with van der Waals surface area (Å²) in [5, 5.41) is 3.69. The van der Waals surface area contributed by atoms with Crippen LogP contribution in [-0.4, -0.2) is 29.3 Å². The summed E-state index contributed by atoms with van der Waals surface area (Å²) in [6.45, 7) is 6.63. The van der Waals surface area contributed by atoms with Crippen molar-refractivity contribution >= 4 is 23.4 Å². The van der Waals surface area contributed by atoms with Gasteiger partial charge in [-0.05, 0) is 37.5 Å². The van der Waals surface area contributed by atoms with Gasteiger partial charge in [-0.1, -0.05) is 37.6 Å². The minimum atomic E-state index is -0.252. The number of halogens is 1. The predicted octanol–water partition coefficient (Wildman–Crippen LogP) is 3.55. The van der Waals surface area contributed by atoms with Crippen LogP contribution < -0.4 is 5.32 Å². The van der Waals surface area contributed by atoms with Gasteiger partial charge in [-0.2, -0.15) is 0 Å². The van der Waals surface area contributed by atoms with Crippen molar-refractivity contribution in [2.24, 2.45) is 5.92 Å². The van der Waals surface area contributed by atoms with Gasteiger partial charge in [0.05, 0.1) is 12.0 Å². The van der Waals surface area contributed by atoms with E-state index in [0.29, 0.717) is 18.0 Å². The van der Waals surface area contributed by atoms with E-state index in [1.165, 1.54) is 0 Å². The second kappa shape index (κ2) is 7.82. The number of carbonyl (C=O) groups is 2. The summed E-state index contributed by atoms with van der Waals surface area (Å²) in [4.78, 5) is 26.5. The lowest BCUT2D eigenvalue weighted by molar-refractivity contribution is -0.130. The number of hydrogen-bond donors (Lipinski definition) is 1. The Hall–Kier alpha value is -1.55. The van der Waals surface area contributed by atoms with Crippen LogP contribution in [0.25, 0.3) is 0 Å². The smallest absolute Gasteiger partial charge is 0.225 e. The molecule has 0 radical (unpaired) electrons. The highest BCUT2D eigenvalue weighted by atomic mass is 35.5. The summed E-state index contributed by atoms with van der Waals surface area (Å²) in [6, 6.07) is 7.58. The molecular weight excluding hydrogens is 312 g/mol. The maximum Gasteiger partial charge on any atom is 0.225 e. The Kier molecular flexibility index (Phi) is 6.05. The van der Waals surface area contributed by atoms with Crippen LogP contribution in [0.4, 0.5) is 0 Å². The third kappa shape index (κ3) is 4.25. The molecule has 1 saturated heterocycles. The second-order valence-corrected chi connectivity index (χ2v) is 6.64. The molecule has 126 valence electrons. The molecule has 1 aromatic rings. The third-order valence-corrected chi connectivity index (χ3v) is 4.89. The fourth-order valence-corrected chi connectivity index (χ4v) is 3.28. The zero-order chi connectivity index (χ0) is 17.0. The predicted molar refractivity (Wildman–Crippen MR) is 92.2 cm³/mol. The van der Waals surface area contributed by atoms with Crippen molar-refractivity contribution in [3.63, 3.8) is 0 Å². The average molecular weight is 337 g/mol. The molecule has 1 aromatic carbocycles. The Morgan fingerprint density at radius 3 is 2.48 bits per heavy atom. The van der Waals surface area contributed by atoms with Crippen molar-refractivity contribution in [2.75, 3.05) is 6.54 Å². The lowest BCUT2D eigenvalue weighted by Gasteiger charge is -2.26. The molecule has 2 unspecified atom stereocenters. The van der Waals surface area contributed by atoms with Crippen molar-refractivity contribution in [3.05, 3.63) is 34.9 Å². The first-order valence-corrected chi connectivity index (χ1v) is 8.69. The quantitative estimate of drug-likeness (QED) is 0.863. The molecule has 23 heavy (non-hydrogen) atoms. The molecule has 1 aliphatic rings. The monoisotopic (exact) mass is 336 g/mol. The summed E-state index contributed by atoms with van der Waals surface area (Å²) in [5.41, 5.74) is 1.00. The fraction of sp³-hybridized carbons (Fsp3) is 0.556. The molecule has 0 aromatic heterocycles. The highest BCUT2D eigenvalue weighted by Crippen LogP contribution is 2.24. The van der Waals surface area contributed by atoms with Crippen LogP contribution >= 0.6 is 11.6 Å². The number of nitrogens with one attached hydrogen (secondary N) is 1. The van der Waals surface area contributed by atoms with Crippen molar-refractivity contribution in [3.8, 4) is 0 Å². The molecule has 0 spiro atoms. The lowest BCUT2D eigenvalue weighted by Crippen LogP contribution is -2.38. The van der Waals surface area contributed by atoms with Crippen LogP contribution in [-0.2, 0) is 9.59 Å². The van der Waals surface area contributed by atoms with Crippen molar-refractivity contribution in [1.82, 2.24) is 10.2 Å². The molecule has 0 saturated carbocycles. The standard InChI is InChI=1S/C18H25ClN2O2/c1-4-16(5-2)21-11-14(10-17(21)22)18(23)20-12(3)13-6-8-15(19)9-7-13/h6-9,12,14,16H,4-5,10-11H2,1-3H3,(H,20,23). The van der Waals surface area contributed by atoms with Crippen molar-refractivity contribution in [2.45, 2.75) is 52.1 Å². The van der Waals surface area contributed by atoms with Gasteiger partial charge in [0.25, 0.3) is 0 Å². The summed E-state index contributed by atoms with van der Waals surface area (Å²) in [7, 11) is 0. The largest absolute Gasteiger partial charge is 0.349 e. The molecule has 5 heteroatoms. The number of hydrogen-bond acceptors (Lipinski definition) is 2. The van der Waals surface area contributed by atoms with E-state index < -0.39 is 0 Å². The summed E-state index contributed by atoms with van der Waals surface area (Å²) < 4.78 is 0. The Morgan fingerprint density at radius 1 is 1.30 bits per heavy atom. The van der Waals surface area contributed by atoms with Crippen LogP contribution in [0.3, 0.4) is 0 Å². The number of nitrogens with zero attached hydrogens (tertiary/aromatic N) is 1. The van der Waals surface area contributed by atoms with Gasteiger partial charge in [0, 0.05) is 24.0 Å². The molecule has 2 atom stereocenters. The van der Waals surface area contributed by atoms with E-state index in [1.807, 2.05) is 36.1 Å². The van der Waals surface area contributed by atoms with Crippen LogP contribution in [0.1, 0.15) is 51.6 Å². The average Bonchev–Trinajstić information content (AvgIpc) is 2.91. The van der Waals surface area contributed by atoms with E-state index in [-0.39, 0.29) is 29.8 Å². The Bertz CT molecular complexity index is 555. The zero-order valence-electron chi connectivity index (χ0n) is 14.0. The zero-order valence-corrected chi connectivity index (χ0v) is 14.8. The molecule has 2 amide bonds. The van der Waals surface area contributed by atoms with Crippen LogP contribution in [0, 0.1) is 5.92 Å². The highest BCUT2D eigenvalue weighted by Gasteiger charge is 2.37. The number of carbonyl (C=O) groups excluding carboxylic acids is 2. The van der Waals surface area contributed by atoms with Gasteiger partial charge in [-0.15, -0.1) is 0 Å². The second-order valence-electron chi connectivity index (χ2n) is 6.20.